The number of rotatable bonds is 5. The number of nitriles is 1. The van der Waals surface area contributed by atoms with Crippen LogP contribution in [0.2, 0.25) is 0 Å². The lowest BCUT2D eigenvalue weighted by atomic mass is 10.2. The fourth-order valence-electron chi connectivity index (χ4n) is 1.98. The molecule has 0 spiro atoms. The monoisotopic (exact) mass is 350 g/mol. The summed E-state index contributed by atoms with van der Waals surface area (Å²) in [5, 5.41) is 9.01. The standard InChI is InChI=1S/C15H14N2O4S2/c1-22(18,19)11-12-5-4-7-14(9-12)23(20,21)17-15-8-3-2-6-13(15)10-16/h2-9,17H,11H2,1H3. The van der Waals surface area contributed by atoms with E-state index in [0.29, 0.717) is 5.56 Å². The molecule has 0 aromatic heterocycles. The summed E-state index contributed by atoms with van der Waals surface area (Å²) in [4.78, 5) is -0.0635. The summed E-state index contributed by atoms with van der Waals surface area (Å²) in [5.41, 5.74) is 0.746. The van der Waals surface area contributed by atoms with Gasteiger partial charge in [0.05, 0.1) is 21.9 Å². The highest BCUT2D eigenvalue weighted by atomic mass is 32.2. The third-order valence-electron chi connectivity index (χ3n) is 2.93. The van der Waals surface area contributed by atoms with E-state index in [1.165, 1.54) is 30.3 Å². The first kappa shape index (κ1) is 17.0. The number of nitrogens with zero attached hydrogens (tertiary/aromatic N) is 1. The van der Waals surface area contributed by atoms with E-state index in [1.54, 1.807) is 18.2 Å². The lowest BCUT2D eigenvalue weighted by Crippen LogP contribution is -2.14. The van der Waals surface area contributed by atoms with Crippen LogP contribution >= 0.6 is 0 Å². The highest BCUT2D eigenvalue weighted by Crippen LogP contribution is 2.20. The van der Waals surface area contributed by atoms with Crippen molar-refractivity contribution in [2.45, 2.75) is 10.6 Å². The first-order valence-corrected chi connectivity index (χ1v) is 10.0. The van der Waals surface area contributed by atoms with E-state index in [9.17, 15) is 16.8 Å². The Labute approximate surface area is 135 Å². The number of para-hydroxylation sites is 1. The molecule has 0 aliphatic carbocycles. The van der Waals surface area contributed by atoms with Gasteiger partial charge in [-0.25, -0.2) is 16.8 Å². The zero-order chi connectivity index (χ0) is 17.1. The number of nitrogens with one attached hydrogen (secondary N) is 1. The van der Waals surface area contributed by atoms with E-state index < -0.39 is 19.9 Å². The number of benzene rings is 2. The molecule has 2 aromatic rings. The Morgan fingerprint density at radius 2 is 1.74 bits per heavy atom. The van der Waals surface area contributed by atoms with Crippen LogP contribution in [0.25, 0.3) is 0 Å². The molecule has 0 saturated carbocycles. The maximum Gasteiger partial charge on any atom is 0.261 e. The topological polar surface area (TPSA) is 104 Å². The SMILES string of the molecule is CS(=O)(=O)Cc1cccc(S(=O)(=O)Nc2ccccc2C#N)c1. The van der Waals surface area contributed by atoms with Gasteiger partial charge in [-0.3, -0.25) is 4.72 Å². The van der Waals surface area contributed by atoms with Crippen LogP contribution in [-0.4, -0.2) is 23.1 Å². The van der Waals surface area contributed by atoms with Gasteiger partial charge in [-0.15, -0.1) is 0 Å². The normalized spacial score (nSPS) is 11.7. The van der Waals surface area contributed by atoms with E-state index >= 15 is 0 Å². The van der Waals surface area contributed by atoms with Gasteiger partial charge in [0.15, 0.2) is 9.84 Å². The van der Waals surface area contributed by atoms with Crippen molar-refractivity contribution in [1.29, 1.82) is 5.26 Å². The Hall–Kier alpha value is -2.37. The van der Waals surface area contributed by atoms with Crippen molar-refractivity contribution in [2.75, 3.05) is 11.0 Å². The zero-order valence-electron chi connectivity index (χ0n) is 12.2. The van der Waals surface area contributed by atoms with Gasteiger partial charge in [-0.1, -0.05) is 24.3 Å². The number of anilines is 1. The quantitative estimate of drug-likeness (QED) is 0.887. The summed E-state index contributed by atoms with van der Waals surface area (Å²) in [6, 6.07) is 13.8. The molecule has 1 N–H and O–H groups in total. The Morgan fingerprint density at radius 1 is 1.04 bits per heavy atom. The largest absolute Gasteiger partial charge is 0.278 e. The first-order valence-electron chi connectivity index (χ1n) is 6.50. The van der Waals surface area contributed by atoms with Crippen molar-refractivity contribution in [3.05, 3.63) is 59.7 Å². The van der Waals surface area contributed by atoms with Crippen LogP contribution in [-0.2, 0) is 25.6 Å². The van der Waals surface area contributed by atoms with Crippen molar-refractivity contribution < 1.29 is 16.8 Å². The van der Waals surface area contributed by atoms with Crippen molar-refractivity contribution in [2.24, 2.45) is 0 Å². The fourth-order valence-corrected chi connectivity index (χ4v) is 3.91. The van der Waals surface area contributed by atoms with Crippen LogP contribution in [0.4, 0.5) is 5.69 Å². The maximum absolute atomic E-state index is 12.4. The second-order valence-corrected chi connectivity index (χ2v) is 8.80. The highest BCUT2D eigenvalue weighted by Gasteiger charge is 2.17. The minimum Gasteiger partial charge on any atom is -0.278 e. The molecular weight excluding hydrogens is 336 g/mol. The molecular formula is C15H14N2O4S2. The second-order valence-electron chi connectivity index (χ2n) is 4.98. The molecule has 0 unspecified atom stereocenters. The molecule has 6 nitrogen and oxygen atoms in total. The molecule has 120 valence electrons. The Bertz CT molecular complexity index is 975. The minimum absolute atomic E-state index is 0.0635. The van der Waals surface area contributed by atoms with Gasteiger partial charge in [-0.2, -0.15) is 5.26 Å². The van der Waals surface area contributed by atoms with Crippen LogP contribution in [0, 0.1) is 11.3 Å². The predicted octanol–water partition coefficient (Wildman–Crippen LogP) is 1.90. The van der Waals surface area contributed by atoms with Gasteiger partial charge < -0.3 is 0 Å². The highest BCUT2D eigenvalue weighted by molar-refractivity contribution is 7.92. The first-order chi connectivity index (χ1) is 10.7. The van der Waals surface area contributed by atoms with Crippen LogP contribution in [0.15, 0.2) is 53.4 Å². The van der Waals surface area contributed by atoms with Gasteiger partial charge in [0.2, 0.25) is 0 Å². The smallest absolute Gasteiger partial charge is 0.261 e. The van der Waals surface area contributed by atoms with E-state index in [0.717, 1.165) is 6.26 Å². The third-order valence-corrected chi connectivity index (χ3v) is 5.15. The predicted molar refractivity (Wildman–Crippen MR) is 87.0 cm³/mol. The van der Waals surface area contributed by atoms with Gasteiger partial charge in [0, 0.05) is 6.26 Å². The minimum atomic E-state index is -3.92. The third kappa shape index (κ3) is 4.55. The molecule has 0 fully saturated rings. The number of hydrogen-bond acceptors (Lipinski definition) is 5. The van der Waals surface area contributed by atoms with Crippen LogP contribution < -0.4 is 4.72 Å². The number of sulfonamides is 1. The van der Waals surface area contributed by atoms with Gasteiger partial charge in [-0.05, 0) is 29.8 Å². The lowest BCUT2D eigenvalue weighted by Gasteiger charge is -2.10. The molecule has 8 heteroatoms. The fraction of sp³-hybridized carbons (Fsp3) is 0.133. The number of sulfone groups is 1. The Kier molecular flexibility index (Phi) is 4.73. The molecule has 0 amide bonds. The molecule has 23 heavy (non-hydrogen) atoms. The molecule has 2 rings (SSSR count). The van der Waals surface area contributed by atoms with E-state index in [1.807, 2.05) is 6.07 Å². The maximum atomic E-state index is 12.4. The van der Waals surface area contributed by atoms with Gasteiger partial charge in [0.25, 0.3) is 10.0 Å². The Balaban J connectivity index is 2.37. The molecule has 0 saturated heterocycles. The van der Waals surface area contributed by atoms with Gasteiger partial charge in [0.1, 0.15) is 6.07 Å². The average molecular weight is 350 g/mol. The average Bonchev–Trinajstić information content (AvgIpc) is 2.46. The van der Waals surface area contributed by atoms with Crippen molar-refractivity contribution in [1.82, 2.24) is 0 Å². The summed E-state index contributed by atoms with van der Waals surface area (Å²) in [6.45, 7) is 0. The van der Waals surface area contributed by atoms with Crippen LogP contribution in [0.3, 0.4) is 0 Å². The lowest BCUT2D eigenvalue weighted by molar-refractivity contribution is 0.598. The summed E-state index contributed by atoms with van der Waals surface area (Å²) in [6.07, 6.45) is 1.08. The van der Waals surface area contributed by atoms with Crippen LogP contribution in [0.1, 0.15) is 11.1 Å². The molecule has 2 aromatic carbocycles. The summed E-state index contributed by atoms with van der Waals surface area (Å²) in [7, 11) is -7.19. The molecule has 0 aliphatic rings. The molecule has 0 heterocycles. The van der Waals surface area contributed by atoms with Crippen LogP contribution in [0.5, 0.6) is 0 Å². The van der Waals surface area contributed by atoms with Crippen molar-refractivity contribution >= 4 is 25.5 Å². The van der Waals surface area contributed by atoms with E-state index in [2.05, 4.69) is 4.72 Å². The Morgan fingerprint density at radius 3 is 2.39 bits per heavy atom. The van der Waals surface area contributed by atoms with Gasteiger partial charge >= 0.3 is 0 Å². The molecule has 0 aliphatic heterocycles. The summed E-state index contributed by atoms with van der Waals surface area (Å²) in [5.74, 6) is -0.245. The second kappa shape index (κ2) is 6.40. The van der Waals surface area contributed by atoms with E-state index in [4.69, 9.17) is 5.26 Å². The molecule has 0 radical (unpaired) electrons. The van der Waals surface area contributed by atoms with Crippen molar-refractivity contribution in [3.63, 3.8) is 0 Å². The summed E-state index contributed by atoms with van der Waals surface area (Å²) >= 11 is 0. The molecule has 0 bridgehead atoms. The zero-order valence-corrected chi connectivity index (χ0v) is 13.9. The molecule has 0 atom stereocenters. The summed E-state index contributed by atoms with van der Waals surface area (Å²) < 4.78 is 49.8. The van der Waals surface area contributed by atoms with Crippen molar-refractivity contribution in [3.8, 4) is 6.07 Å². The number of hydrogen-bond donors (Lipinski definition) is 1. The van der Waals surface area contributed by atoms with E-state index in [-0.39, 0.29) is 21.9 Å².